The summed E-state index contributed by atoms with van der Waals surface area (Å²) in [5.41, 5.74) is 6.87. The zero-order valence-electron chi connectivity index (χ0n) is 12.0. The largest absolute Gasteiger partial charge is 0.338 e. The predicted molar refractivity (Wildman–Crippen MR) is 82.4 cm³/mol. The molecule has 2 unspecified atom stereocenters. The van der Waals surface area contributed by atoms with Crippen LogP contribution in [0.3, 0.4) is 0 Å². The average molecular weight is 295 g/mol. The average Bonchev–Trinajstić information content (AvgIpc) is 2.92. The van der Waals surface area contributed by atoms with Crippen molar-refractivity contribution in [3.05, 3.63) is 34.9 Å². The molecule has 1 aromatic carbocycles. The lowest BCUT2D eigenvalue weighted by Crippen LogP contribution is -2.38. The first-order valence-electron chi connectivity index (χ1n) is 7.39. The number of rotatable bonds is 5. The molecule has 1 saturated carbocycles. The van der Waals surface area contributed by atoms with Crippen molar-refractivity contribution in [2.24, 2.45) is 17.6 Å². The third-order valence-corrected chi connectivity index (χ3v) is 4.47. The van der Waals surface area contributed by atoms with Crippen LogP contribution in [-0.4, -0.2) is 23.9 Å². The fourth-order valence-electron chi connectivity index (χ4n) is 3.08. The Morgan fingerprint density at radius 1 is 1.45 bits per heavy atom. The standard InChI is InChI=1S/C16H23ClN2O/c1-2-19(11-12-5-3-7-14(17)9-12)16(20)15-8-4-6-13(15)10-18/h3,5,7,9,13,15H,2,4,6,8,10-11,18H2,1H3. The molecule has 1 aliphatic rings. The van der Waals surface area contributed by atoms with Gasteiger partial charge in [0.2, 0.25) is 5.91 Å². The van der Waals surface area contributed by atoms with Crippen LogP contribution in [0.25, 0.3) is 0 Å². The van der Waals surface area contributed by atoms with E-state index >= 15 is 0 Å². The third kappa shape index (κ3) is 3.53. The van der Waals surface area contributed by atoms with E-state index in [0.29, 0.717) is 24.0 Å². The van der Waals surface area contributed by atoms with Crippen molar-refractivity contribution in [1.29, 1.82) is 0 Å². The maximum Gasteiger partial charge on any atom is 0.226 e. The van der Waals surface area contributed by atoms with Gasteiger partial charge >= 0.3 is 0 Å². The quantitative estimate of drug-likeness (QED) is 0.907. The molecule has 0 aliphatic heterocycles. The van der Waals surface area contributed by atoms with Gasteiger partial charge in [-0.1, -0.05) is 30.2 Å². The van der Waals surface area contributed by atoms with E-state index in [1.165, 1.54) is 0 Å². The van der Waals surface area contributed by atoms with Crippen molar-refractivity contribution in [3.63, 3.8) is 0 Å². The monoisotopic (exact) mass is 294 g/mol. The fourth-order valence-corrected chi connectivity index (χ4v) is 3.29. The smallest absolute Gasteiger partial charge is 0.226 e. The molecule has 110 valence electrons. The molecule has 0 spiro atoms. The summed E-state index contributed by atoms with van der Waals surface area (Å²) in [4.78, 5) is 14.6. The SMILES string of the molecule is CCN(Cc1cccc(Cl)c1)C(=O)C1CCCC1CN. The van der Waals surface area contributed by atoms with Crippen LogP contribution in [0.2, 0.25) is 5.02 Å². The van der Waals surface area contributed by atoms with E-state index in [1.54, 1.807) is 0 Å². The number of carbonyl (C=O) groups excluding carboxylic acids is 1. The van der Waals surface area contributed by atoms with Crippen LogP contribution < -0.4 is 5.73 Å². The number of nitrogens with zero attached hydrogens (tertiary/aromatic N) is 1. The Hall–Kier alpha value is -1.06. The molecule has 2 N–H and O–H groups in total. The van der Waals surface area contributed by atoms with Gasteiger partial charge in [-0.3, -0.25) is 4.79 Å². The van der Waals surface area contributed by atoms with E-state index in [1.807, 2.05) is 36.1 Å². The maximum absolute atomic E-state index is 12.7. The highest BCUT2D eigenvalue weighted by atomic mass is 35.5. The van der Waals surface area contributed by atoms with Crippen LogP contribution in [0.4, 0.5) is 0 Å². The fraction of sp³-hybridized carbons (Fsp3) is 0.562. The van der Waals surface area contributed by atoms with E-state index < -0.39 is 0 Å². The Bertz CT molecular complexity index is 464. The number of benzene rings is 1. The summed E-state index contributed by atoms with van der Waals surface area (Å²) in [6.07, 6.45) is 3.18. The van der Waals surface area contributed by atoms with Crippen LogP contribution >= 0.6 is 11.6 Å². The van der Waals surface area contributed by atoms with Gasteiger partial charge in [0, 0.05) is 24.0 Å². The molecule has 1 fully saturated rings. The molecule has 2 atom stereocenters. The van der Waals surface area contributed by atoms with Gasteiger partial charge in [-0.15, -0.1) is 0 Å². The molecule has 2 rings (SSSR count). The van der Waals surface area contributed by atoms with Crippen LogP contribution in [0.15, 0.2) is 24.3 Å². The second-order valence-corrected chi connectivity index (χ2v) is 5.95. The second-order valence-electron chi connectivity index (χ2n) is 5.52. The van der Waals surface area contributed by atoms with Gasteiger partial charge in [-0.25, -0.2) is 0 Å². The Morgan fingerprint density at radius 2 is 2.25 bits per heavy atom. The molecule has 0 aromatic heterocycles. The lowest BCUT2D eigenvalue weighted by Gasteiger charge is -2.27. The molecule has 0 bridgehead atoms. The Morgan fingerprint density at radius 3 is 2.90 bits per heavy atom. The predicted octanol–water partition coefficient (Wildman–Crippen LogP) is 3.06. The molecule has 20 heavy (non-hydrogen) atoms. The summed E-state index contributed by atoms with van der Waals surface area (Å²) in [5, 5.41) is 0.715. The molecule has 4 heteroatoms. The van der Waals surface area contributed by atoms with E-state index in [4.69, 9.17) is 17.3 Å². The first-order valence-corrected chi connectivity index (χ1v) is 7.76. The molecular formula is C16H23ClN2O. The van der Waals surface area contributed by atoms with Gasteiger partial charge in [-0.2, -0.15) is 0 Å². The Kier molecular flexibility index (Phi) is 5.44. The van der Waals surface area contributed by atoms with Gasteiger partial charge in [0.05, 0.1) is 0 Å². The number of carbonyl (C=O) groups is 1. The number of hydrogen-bond acceptors (Lipinski definition) is 2. The van der Waals surface area contributed by atoms with Crippen LogP contribution in [-0.2, 0) is 11.3 Å². The third-order valence-electron chi connectivity index (χ3n) is 4.23. The van der Waals surface area contributed by atoms with E-state index in [9.17, 15) is 4.79 Å². The zero-order valence-corrected chi connectivity index (χ0v) is 12.8. The zero-order chi connectivity index (χ0) is 14.5. The van der Waals surface area contributed by atoms with Crippen LogP contribution in [0, 0.1) is 11.8 Å². The highest BCUT2D eigenvalue weighted by molar-refractivity contribution is 6.30. The van der Waals surface area contributed by atoms with E-state index in [2.05, 4.69) is 0 Å². The summed E-state index contributed by atoms with van der Waals surface area (Å²) < 4.78 is 0. The topological polar surface area (TPSA) is 46.3 Å². The summed E-state index contributed by atoms with van der Waals surface area (Å²) in [7, 11) is 0. The van der Waals surface area contributed by atoms with Crippen LogP contribution in [0.1, 0.15) is 31.7 Å². The van der Waals surface area contributed by atoms with Crippen molar-refractivity contribution in [1.82, 2.24) is 4.90 Å². The van der Waals surface area contributed by atoms with Gasteiger partial charge in [0.15, 0.2) is 0 Å². The lowest BCUT2D eigenvalue weighted by atomic mass is 9.94. The molecule has 3 nitrogen and oxygen atoms in total. The highest BCUT2D eigenvalue weighted by Crippen LogP contribution is 2.32. The van der Waals surface area contributed by atoms with Gasteiger partial charge in [-0.05, 0) is 49.9 Å². The highest BCUT2D eigenvalue weighted by Gasteiger charge is 2.34. The summed E-state index contributed by atoms with van der Waals surface area (Å²) in [6.45, 7) is 3.99. The minimum atomic E-state index is 0.110. The van der Waals surface area contributed by atoms with Gasteiger partial charge in [0.1, 0.15) is 0 Å². The molecule has 0 heterocycles. The molecule has 1 aromatic rings. The first kappa shape index (κ1) is 15.3. The first-order chi connectivity index (χ1) is 9.65. The molecule has 0 radical (unpaired) electrons. The summed E-state index contributed by atoms with van der Waals surface area (Å²) in [6, 6.07) is 7.71. The number of amides is 1. The molecule has 1 aliphatic carbocycles. The molecule has 1 amide bonds. The molecule has 0 saturated heterocycles. The van der Waals surface area contributed by atoms with Crippen LogP contribution in [0.5, 0.6) is 0 Å². The van der Waals surface area contributed by atoms with Crippen molar-refractivity contribution < 1.29 is 4.79 Å². The number of halogens is 1. The summed E-state index contributed by atoms with van der Waals surface area (Å²) >= 11 is 6.00. The van der Waals surface area contributed by atoms with Crippen molar-refractivity contribution >= 4 is 17.5 Å². The minimum absolute atomic E-state index is 0.110. The van der Waals surface area contributed by atoms with Crippen molar-refractivity contribution in [2.75, 3.05) is 13.1 Å². The van der Waals surface area contributed by atoms with E-state index in [-0.39, 0.29) is 11.8 Å². The van der Waals surface area contributed by atoms with Gasteiger partial charge in [0.25, 0.3) is 0 Å². The number of hydrogen-bond donors (Lipinski definition) is 1. The molecular weight excluding hydrogens is 272 g/mol. The number of nitrogens with two attached hydrogens (primary N) is 1. The van der Waals surface area contributed by atoms with Crippen molar-refractivity contribution in [2.45, 2.75) is 32.7 Å². The van der Waals surface area contributed by atoms with Gasteiger partial charge < -0.3 is 10.6 Å². The van der Waals surface area contributed by atoms with E-state index in [0.717, 1.165) is 31.4 Å². The maximum atomic E-state index is 12.7. The Labute approximate surface area is 126 Å². The second kappa shape index (κ2) is 7.09. The lowest BCUT2D eigenvalue weighted by molar-refractivity contribution is -0.137. The van der Waals surface area contributed by atoms with Crippen molar-refractivity contribution in [3.8, 4) is 0 Å². The normalized spacial score (nSPS) is 21.9. The summed E-state index contributed by atoms with van der Waals surface area (Å²) in [5.74, 6) is 0.718. The minimum Gasteiger partial charge on any atom is -0.338 e. The Balaban J connectivity index is 2.06.